The predicted molar refractivity (Wildman–Crippen MR) is 192 cm³/mol. The fraction of sp³-hybridized carbons (Fsp3) is 0.278. The Morgan fingerprint density at radius 3 is 2.30 bits per heavy atom. The average molecular weight is 679 g/mol. The quantitative estimate of drug-likeness (QED) is 0.0510. The number of carboxylic acids is 2. The molecular formula is C36H42N10O4. The number of aromatic nitrogens is 4. The van der Waals surface area contributed by atoms with Gasteiger partial charge in [-0.1, -0.05) is 78.0 Å². The minimum atomic E-state index is -1.11. The van der Waals surface area contributed by atoms with Crippen LogP contribution in [0, 0.1) is 0 Å². The molecule has 0 radical (unpaired) electrons. The van der Waals surface area contributed by atoms with Gasteiger partial charge in [-0.15, -0.1) is 11.7 Å². The molecule has 14 nitrogen and oxygen atoms in total. The molecule has 4 aromatic rings. The van der Waals surface area contributed by atoms with Crippen LogP contribution in [0.5, 0.6) is 0 Å². The van der Waals surface area contributed by atoms with E-state index in [1.54, 1.807) is 29.2 Å². The van der Waals surface area contributed by atoms with E-state index in [0.717, 1.165) is 16.8 Å². The van der Waals surface area contributed by atoms with Crippen molar-refractivity contribution in [3.05, 3.63) is 126 Å². The molecule has 0 spiro atoms. The van der Waals surface area contributed by atoms with Crippen LogP contribution in [0.4, 0.5) is 0 Å². The molecule has 0 bridgehead atoms. The van der Waals surface area contributed by atoms with Gasteiger partial charge in [0.25, 0.3) is 0 Å². The summed E-state index contributed by atoms with van der Waals surface area (Å²) in [5.41, 5.74) is 3.91. The number of pyridine rings is 1. The zero-order valence-electron chi connectivity index (χ0n) is 27.8. The zero-order chi connectivity index (χ0) is 35.6. The molecule has 14 heteroatoms. The van der Waals surface area contributed by atoms with Crippen LogP contribution in [0.1, 0.15) is 39.4 Å². The first-order valence-electron chi connectivity index (χ1n) is 16.1. The number of aliphatic imine (C=N–C) groups is 2. The van der Waals surface area contributed by atoms with Gasteiger partial charge in [-0.3, -0.25) is 19.8 Å². The Balaban J connectivity index is 1.52. The van der Waals surface area contributed by atoms with Crippen LogP contribution in [-0.2, 0) is 31.0 Å². The molecule has 50 heavy (non-hydrogen) atoms. The normalized spacial score (nSPS) is 12.6. The van der Waals surface area contributed by atoms with E-state index >= 15 is 0 Å². The standard InChI is InChI=1S/C36H42N10O4/c1-2-10-33(35(47)48)39-17-18-44(26-32-27-46(43-42-32)23-29-13-7-4-8-14-29)19-20-45(24-30-15-9-16-34(40-30)36(49)50)25-31(41-37)22-38-21-28-11-5-3-6-12-28/h2-9,11-17,22,27,33H,1,10,18-21,23-26,37H2,(H,47,48)(H,49,50). The van der Waals surface area contributed by atoms with Crippen molar-refractivity contribution in [1.29, 1.82) is 0 Å². The Hall–Kier alpha value is -5.86. The topological polar surface area (TPSA) is 188 Å². The van der Waals surface area contributed by atoms with Gasteiger partial charge >= 0.3 is 11.9 Å². The second kappa shape index (κ2) is 19.8. The molecular weight excluding hydrogens is 636 g/mol. The summed E-state index contributed by atoms with van der Waals surface area (Å²) in [6.07, 6.45) is 6.87. The fourth-order valence-corrected chi connectivity index (χ4v) is 4.99. The van der Waals surface area contributed by atoms with Crippen LogP contribution in [0.15, 0.2) is 113 Å². The Bertz CT molecular complexity index is 1760. The molecule has 1 unspecified atom stereocenters. The van der Waals surface area contributed by atoms with Gasteiger partial charge in [-0.25, -0.2) is 19.3 Å². The van der Waals surface area contributed by atoms with Gasteiger partial charge in [0, 0.05) is 51.7 Å². The van der Waals surface area contributed by atoms with Gasteiger partial charge in [0.05, 0.1) is 36.4 Å². The molecule has 2 aromatic carbocycles. The number of carbonyl (C=O) groups is 2. The number of nitrogens with two attached hydrogens (primary N) is 1. The molecule has 0 saturated heterocycles. The summed E-state index contributed by atoms with van der Waals surface area (Å²) < 4.78 is 1.77. The largest absolute Gasteiger partial charge is 0.480 e. The third-order valence-corrected chi connectivity index (χ3v) is 7.51. The van der Waals surface area contributed by atoms with Crippen LogP contribution in [0.2, 0.25) is 0 Å². The summed E-state index contributed by atoms with van der Waals surface area (Å²) in [6.45, 7) is 7.01. The van der Waals surface area contributed by atoms with Crippen LogP contribution >= 0.6 is 0 Å². The summed E-state index contributed by atoms with van der Waals surface area (Å²) in [7, 11) is 0. The minimum absolute atomic E-state index is 0.0523. The molecule has 2 heterocycles. The molecule has 260 valence electrons. The van der Waals surface area contributed by atoms with Gasteiger partial charge < -0.3 is 16.1 Å². The van der Waals surface area contributed by atoms with E-state index in [0.29, 0.717) is 63.8 Å². The van der Waals surface area contributed by atoms with Crippen molar-refractivity contribution in [2.45, 2.75) is 38.6 Å². The molecule has 0 aliphatic rings. The Kier molecular flexibility index (Phi) is 14.7. The van der Waals surface area contributed by atoms with Gasteiger partial charge in [0.15, 0.2) is 0 Å². The lowest BCUT2D eigenvalue weighted by atomic mass is 10.2. The maximum absolute atomic E-state index is 11.7. The highest BCUT2D eigenvalue weighted by Gasteiger charge is 2.17. The lowest BCUT2D eigenvalue weighted by Crippen LogP contribution is -2.39. The number of aromatic carboxylic acids is 1. The lowest BCUT2D eigenvalue weighted by molar-refractivity contribution is -0.138. The highest BCUT2D eigenvalue weighted by Crippen LogP contribution is 2.09. The number of rotatable bonds is 21. The zero-order valence-corrected chi connectivity index (χ0v) is 27.8. The van der Waals surface area contributed by atoms with Gasteiger partial charge in [0.2, 0.25) is 0 Å². The van der Waals surface area contributed by atoms with Crippen molar-refractivity contribution < 1.29 is 19.8 Å². The number of hydrazone groups is 1. The molecule has 4 rings (SSSR count). The number of aliphatic carboxylic acids is 1. The second-order valence-corrected chi connectivity index (χ2v) is 11.4. The average Bonchev–Trinajstić information content (AvgIpc) is 3.56. The third-order valence-electron chi connectivity index (χ3n) is 7.51. The third kappa shape index (κ3) is 12.6. The SMILES string of the molecule is C=CCC(N=CCN(CCN(CC(C=NCc1ccccc1)=NN)Cc1cccc(C(=O)O)n1)Cc1cn(Cc2ccccc2)nn1)C(=O)O. The number of hydrogen-bond acceptors (Lipinski definition) is 11. The van der Waals surface area contributed by atoms with Gasteiger partial charge in [-0.2, -0.15) is 5.10 Å². The predicted octanol–water partition coefficient (Wildman–Crippen LogP) is 3.41. The summed E-state index contributed by atoms with van der Waals surface area (Å²) >= 11 is 0. The summed E-state index contributed by atoms with van der Waals surface area (Å²) in [4.78, 5) is 40.5. The maximum atomic E-state index is 11.7. The molecule has 0 fully saturated rings. The first-order chi connectivity index (χ1) is 24.3. The number of hydrogen-bond donors (Lipinski definition) is 3. The molecule has 4 N–H and O–H groups in total. The molecule has 0 aliphatic heterocycles. The number of nitrogens with zero attached hydrogens (tertiary/aromatic N) is 9. The van der Waals surface area contributed by atoms with Crippen LogP contribution < -0.4 is 5.84 Å². The summed E-state index contributed by atoms with van der Waals surface area (Å²) in [5, 5.41) is 31.7. The maximum Gasteiger partial charge on any atom is 0.354 e. The number of benzene rings is 2. The molecule has 0 amide bonds. The Morgan fingerprint density at radius 2 is 1.62 bits per heavy atom. The lowest BCUT2D eigenvalue weighted by Gasteiger charge is -2.26. The first-order valence-corrected chi connectivity index (χ1v) is 16.1. The number of carboxylic acid groups (broad SMARTS) is 2. The fourth-order valence-electron chi connectivity index (χ4n) is 4.99. The van der Waals surface area contributed by atoms with E-state index in [-0.39, 0.29) is 12.1 Å². The molecule has 1 atom stereocenters. The van der Waals surface area contributed by atoms with E-state index in [2.05, 4.69) is 41.9 Å². The van der Waals surface area contributed by atoms with E-state index in [9.17, 15) is 19.8 Å². The van der Waals surface area contributed by atoms with Crippen molar-refractivity contribution in [3.63, 3.8) is 0 Å². The van der Waals surface area contributed by atoms with Crippen molar-refractivity contribution in [1.82, 2.24) is 29.8 Å². The molecule has 0 aliphatic carbocycles. The smallest absolute Gasteiger partial charge is 0.354 e. The van der Waals surface area contributed by atoms with Crippen LogP contribution in [0.25, 0.3) is 0 Å². The van der Waals surface area contributed by atoms with E-state index < -0.39 is 18.0 Å². The Morgan fingerprint density at radius 1 is 0.920 bits per heavy atom. The van der Waals surface area contributed by atoms with Gasteiger partial charge in [0.1, 0.15) is 11.7 Å². The summed E-state index contributed by atoms with van der Waals surface area (Å²) in [6, 6.07) is 23.7. The monoisotopic (exact) mass is 678 g/mol. The van der Waals surface area contributed by atoms with Crippen molar-refractivity contribution in [2.24, 2.45) is 20.9 Å². The van der Waals surface area contributed by atoms with Crippen molar-refractivity contribution in [2.75, 3.05) is 26.2 Å². The highest BCUT2D eigenvalue weighted by atomic mass is 16.4. The van der Waals surface area contributed by atoms with Crippen LogP contribution in [-0.4, -0.2) is 102 Å². The first kappa shape index (κ1) is 37.0. The van der Waals surface area contributed by atoms with Gasteiger partial charge in [-0.05, 0) is 29.7 Å². The second-order valence-electron chi connectivity index (χ2n) is 11.4. The highest BCUT2D eigenvalue weighted by molar-refractivity contribution is 6.31. The summed E-state index contributed by atoms with van der Waals surface area (Å²) in [5.74, 6) is 3.65. The molecule has 2 aromatic heterocycles. The minimum Gasteiger partial charge on any atom is -0.480 e. The van der Waals surface area contributed by atoms with Crippen LogP contribution in [0.3, 0.4) is 0 Å². The van der Waals surface area contributed by atoms with E-state index in [1.807, 2.05) is 71.8 Å². The van der Waals surface area contributed by atoms with Crippen molar-refractivity contribution >= 4 is 30.1 Å². The van der Waals surface area contributed by atoms with E-state index in [4.69, 9.17) is 5.84 Å². The van der Waals surface area contributed by atoms with Crippen molar-refractivity contribution in [3.8, 4) is 0 Å². The molecule has 0 saturated carbocycles. The van der Waals surface area contributed by atoms with E-state index in [1.165, 1.54) is 12.1 Å². The Labute approximate surface area is 291 Å².